The minimum absolute atomic E-state index is 0.00167. The zero-order valence-electron chi connectivity index (χ0n) is 17.9. The van der Waals surface area contributed by atoms with Gasteiger partial charge in [0.15, 0.2) is 11.5 Å². The number of methoxy groups -OCH3 is 2. The molecule has 1 atom stereocenters. The molecule has 0 saturated carbocycles. The first-order valence-corrected chi connectivity index (χ1v) is 10.1. The number of phenols is 1. The van der Waals surface area contributed by atoms with Gasteiger partial charge in [-0.3, -0.25) is 9.59 Å². The molecule has 0 aliphatic carbocycles. The van der Waals surface area contributed by atoms with Crippen molar-refractivity contribution in [2.45, 2.75) is 18.9 Å². The van der Waals surface area contributed by atoms with Crippen LogP contribution in [-0.2, 0) is 20.7 Å². The van der Waals surface area contributed by atoms with Gasteiger partial charge in [-0.15, -0.1) is 0 Å². The highest BCUT2D eigenvalue weighted by Gasteiger charge is 2.25. The van der Waals surface area contributed by atoms with E-state index in [2.05, 4.69) is 5.32 Å². The van der Waals surface area contributed by atoms with Crippen LogP contribution in [0.25, 0.3) is 0 Å². The van der Waals surface area contributed by atoms with Gasteiger partial charge in [0.25, 0.3) is 5.91 Å². The van der Waals surface area contributed by atoms with Crippen molar-refractivity contribution < 1.29 is 28.9 Å². The smallest absolute Gasteiger partial charge is 0.307 e. The van der Waals surface area contributed by atoms with Gasteiger partial charge < -0.3 is 24.6 Å². The number of rotatable bonds is 9. The lowest BCUT2D eigenvalue weighted by Gasteiger charge is -2.18. The van der Waals surface area contributed by atoms with Gasteiger partial charge in [-0.1, -0.05) is 42.5 Å². The van der Waals surface area contributed by atoms with Crippen LogP contribution in [0.2, 0.25) is 0 Å². The number of ether oxygens (including phenoxy) is 3. The second kappa shape index (κ2) is 10.9. The molecule has 0 aliphatic rings. The topological polar surface area (TPSA) is 94.1 Å². The highest BCUT2D eigenvalue weighted by atomic mass is 16.5. The molecule has 0 saturated heterocycles. The van der Waals surface area contributed by atoms with Crippen LogP contribution in [0.5, 0.6) is 17.2 Å². The highest BCUT2D eigenvalue weighted by Crippen LogP contribution is 2.27. The number of carbonyl (C=O) groups is 2. The number of amides is 1. The van der Waals surface area contributed by atoms with Crippen molar-refractivity contribution in [1.29, 1.82) is 0 Å². The summed E-state index contributed by atoms with van der Waals surface area (Å²) >= 11 is 0. The third-order valence-electron chi connectivity index (χ3n) is 4.79. The Morgan fingerprint density at radius 3 is 2.41 bits per heavy atom. The first-order chi connectivity index (χ1) is 15.5. The van der Waals surface area contributed by atoms with E-state index in [9.17, 15) is 14.7 Å². The molecule has 2 N–H and O–H groups in total. The third-order valence-corrected chi connectivity index (χ3v) is 4.79. The lowest BCUT2D eigenvalue weighted by molar-refractivity contribution is -0.154. The summed E-state index contributed by atoms with van der Waals surface area (Å²) in [5.41, 5.74) is 1.83. The van der Waals surface area contributed by atoms with Crippen molar-refractivity contribution in [2.75, 3.05) is 19.5 Å². The molecule has 3 rings (SSSR count). The molecule has 0 aromatic heterocycles. The van der Waals surface area contributed by atoms with E-state index in [1.54, 1.807) is 60.7 Å². The fourth-order valence-electron chi connectivity index (χ4n) is 3.14. The normalized spacial score (nSPS) is 11.3. The lowest BCUT2D eigenvalue weighted by atomic mass is 10.1. The molecule has 7 nitrogen and oxygen atoms in total. The predicted octanol–water partition coefficient (Wildman–Crippen LogP) is 4.27. The maximum absolute atomic E-state index is 13.0. The van der Waals surface area contributed by atoms with Gasteiger partial charge in [-0.25, -0.2) is 0 Å². The number of carbonyl (C=O) groups excluding carboxylic acids is 2. The van der Waals surface area contributed by atoms with Crippen molar-refractivity contribution in [3.63, 3.8) is 0 Å². The van der Waals surface area contributed by atoms with Crippen LogP contribution in [0.15, 0.2) is 72.8 Å². The third kappa shape index (κ3) is 6.01. The summed E-state index contributed by atoms with van der Waals surface area (Å²) in [6.07, 6.45) is -0.726. The van der Waals surface area contributed by atoms with E-state index >= 15 is 0 Å². The van der Waals surface area contributed by atoms with Gasteiger partial charge in [0.1, 0.15) is 5.75 Å². The number of aromatic hydroxyl groups is 1. The van der Waals surface area contributed by atoms with E-state index in [0.717, 1.165) is 5.56 Å². The zero-order valence-corrected chi connectivity index (χ0v) is 17.9. The molecule has 0 heterocycles. The number of phenolic OH excluding ortho intramolecular Hbond substituents is 1. The maximum Gasteiger partial charge on any atom is 0.307 e. The molecule has 1 amide bonds. The molecule has 7 heteroatoms. The van der Waals surface area contributed by atoms with E-state index in [4.69, 9.17) is 14.2 Å². The molecule has 32 heavy (non-hydrogen) atoms. The van der Waals surface area contributed by atoms with E-state index in [0.29, 0.717) is 29.2 Å². The average molecular weight is 435 g/mol. The van der Waals surface area contributed by atoms with Crippen molar-refractivity contribution in [1.82, 2.24) is 0 Å². The number of benzene rings is 3. The van der Waals surface area contributed by atoms with E-state index in [1.165, 1.54) is 20.3 Å². The van der Waals surface area contributed by atoms with Crippen LogP contribution in [0.1, 0.15) is 23.7 Å². The van der Waals surface area contributed by atoms with E-state index in [-0.39, 0.29) is 12.2 Å². The highest BCUT2D eigenvalue weighted by molar-refractivity contribution is 5.96. The first-order valence-electron chi connectivity index (χ1n) is 10.1. The summed E-state index contributed by atoms with van der Waals surface area (Å²) in [5.74, 6) is -0.0541. The summed E-state index contributed by atoms with van der Waals surface area (Å²) in [6, 6.07) is 20.7. The Morgan fingerprint density at radius 2 is 1.72 bits per heavy atom. The minimum Gasteiger partial charge on any atom is -0.504 e. The van der Waals surface area contributed by atoms with Crippen molar-refractivity contribution >= 4 is 17.6 Å². The Bertz CT molecular complexity index is 1070. The van der Waals surface area contributed by atoms with Gasteiger partial charge in [-0.05, 0) is 36.2 Å². The van der Waals surface area contributed by atoms with Crippen molar-refractivity contribution in [3.8, 4) is 17.2 Å². The van der Waals surface area contributed by atoms with Crippen LogP contribution < -0.4 is 14.8 Å². The van der Waals surface area contributed by atoms with Gasteiger partial charge >= 0.3 is 5.97 Å². The molecule has 3 aromatic rings. The molecule has 1 unspecified atom stereocenters. The molecule has 0 fully saturated rings. The zero-order chi connectivity index (χ0) is 22.9. The van der Waals surface area contributed by atoms with Crippen molar-refractivity contribution in [2.24, 2.45) is 0 Å². The van der Waals surface area contributed by atoms with E-state index in [1.807, 2.05) is 6.07 Å². The SMILES string of the molecule is COc1cccc(NC(=O)C(OC(=O)CCc2ccc(OC)c(O)c2)c2ccccc2)c1. The monoisotopic (exact) mass is 435 g/mol. The van der Waals surface area contributed by atoms with Gasteiger partial charge in [0.05, 0.1) is 14.2 Å². The Balaban J connectivity index is 1.69. The predicted molar refractivity (Wildman–Crippen MR) is 120 cm³/mol. The van der Waals surface area contributed by atoms with Gasteiger partial charge in [0, 0.05) is 23.7 Å². The van der Waals surface area contributed by atoms with Gasteiger partial charge in [-0.2, -0.15) is 0 Å². The Morgan fingerprint density at radius 1 is 0.938 bits per heavy atom. The quantitative estimate of drug-likeness (QED) is 0.488. The maximum atomic E-state index is 13.0. The molecule has 0 spiro atoms. The molecule has 0 radical (unpaired) electrons. The van der Waals surface area contributed by atoms with Gasteiger partial charge in [0.2, 0.25) is 6.10 Å². The number of hydrogen-bond donors (Lipinski definition) is 2. The molecule has 0 aliphatic heterocycles. The standard InChI is InChI=1S/C25H25NO6/c1-30-20-10-6-9-19(16-20)26-25(29)24(18-7-4-3-5-8-18)32-23(28)14-12-17-11-13-22(31-2)21(27)15-17/h3-11,13,15-16,24,27H,12,14H2,1-2H3,(H,26,29). The molecular weight excluding hydrogens is 410 g/mol. The summed E-state index contributed by atoms with van der Waals surface area (Å²) in [5, 5.41) is 12.7. The second-order valence-corrected chi connectivity index (χ2v) is 7.01. The number of esters is 1. The van der Waals surface area contributed by atoms with Crippen LogP contribution >= 0.6 is 0 Å². The number of aryl methyl sites for hydroxylation is 1. The van der Waals surface area contributed by atoms with Crippen LogP contribution in [0.3, 0.4) is 0 Å². The molecular formula is C25H25NO6. The van der Waals surface area contributed by atoms with Crippen LogP contribution in [-0.4, -0.2) is 31.2 Å². The Hall–Kier alpha value is -4.00. The molecule has 3 aromatic carbocycles. The number of anilines is 1. The lowest BCUT2D eigenvalue weighted by Crippen LogP contribution is -2.26. The fraction of sp³-hybridized carbons (Fsp3) is 0.200. The number of nitrogens with one attached hydrogen (secondary N) is 1. The first kappa shape index (κ1) is 22.7. The Kier molecular flexibility index (Phi) is 7.70. The number of hydrogen-bond acceptors (Lipinski definition) is 6. The fourth-order valence-corrected chi connectivity index (χ4v) is 3.14. The largest absolute Gasteiger partial charge is 0.504 e. The molecule has 166 valence electrons. The summed E-state index contributed by atoms with van der Waals surface area (Å²) in [7, 11) is 3.00. The minimum atomic E-state index is -1.11. The summed E-state index contributed by atoms with van der Waals surface area (Å²) < 4.78 is 15.8. The summed E-state index contributed by atoms with van der Waals surface area (Å²) in [6.45, 7) is 0. The molecule has 0 bridgehead atoms. The van der Waals surface area contributed by atoms with E-state index < -0.39 is 18.0 Å². The van der Waals surface area contributed by atoms with Crippen molar-refractivity contribution in [3.05, 3.63) is 83.9 Å². The average Bonchev–Trinajstić information content (AvgIpc) is 2.82. The van der Waals surface area contributed by atoms with Crippen LogP contribution in [0, 0.1) is 0 Å². The Labute approximate surface area is 186 Å². The van der Waals surface area contributed by atoms with Crippen LogP contribution in [0.4, 0.5) is 5.69 Å². The summed E-state index contributed by atoms with van der Waals surface area (Å²) in [4.78, 5) is 25.5. The second-order valence-electron chi connectivity index (χ2n) is 7.01.